The van der Waals surface area contributed by atoms with Gasteiger partial charge in [0.05, 0.1) is 19.2 Å². The van der Waals surface area contributed by atoms with Crippen LogP contribution in [0.1, 0.15) is 21.6 Å². The van der Waals surface area contributed by atoms with Gasteiger partial charge in [-0.05, 0) is 55.7 Å². The molecule has 0 bridgehead atoms. The first-order valence-electron chi connectivity index (χ1n) is 8.44. The number of rotatable bonds is 5. The van der Waals surface area contributed by atoms with Gasteiger partial charge < -0.3 is 10.1 Å². The minimum atomic E-state index is -0.0736. The minimum Gasteiger partial charge on any atom is -0.497 e. The van der Waals surface area contributed by atoms with Gasteiger partial charge in [-0.25, -0.2) is 4.98 Å². The Morgan fingerprint density at radius 2 is 1.81 bits per heavy atom. The molecule has 3 rings (SSSR count). The number of benzene rings is 2. The largest absolute Gasteiger partial charge is 0.497 e. The highest BCUT2D eigenvalue weighted by atomic mass is 32.1. The predicted molar refractivity (Wildman–Crippen MR) is 107 cm³/mol. The number of aryl methyl sites for hydroxylation is 3. The van der Waals surface area contributed by atoms with Crippen LogP contribution in [0, 0.1) is 20.8 Å². The number of nitrogens with zero attached hydrogens (tertiary/aromatic N) is 1. The van der Waals surface area contributed by atoms with Crippen molar-refractivity contribution >= 4 is 22.4 Å². The Morgan fingerprint density at radius 3 is 2.46 bits per heavy atom. The quantitative estimate of drug-likeness (QED) is 0.697. The van der Waals surface area contributed by atoms with Crippen molar-refractivity contribution in [2.24, 2.45) is 0 Å². The van der Waals surface area contributed by atoms with Crippen LogP contribution in [0.2, 0.25) is 0 Å². The van der Waals surface area contributed by atoms with E-state index in [2.05, 4.69) is 42.3 Å². The summed E-state index contributed by atoms with van der Waals surface area (Å²) in [5.74, 6) is 0.707. The minimum absolute atomic E-state index is 0.0736. The highest BCUT2D eigenvalue weighted by Crippen LogP contribution is 2.31. The number of methoxy groups -OCH3 is 1. The third-order valence-electron chi connectivity index (χ3n) is 4.35. The average molecular weight is 366 g/mol. The molecule has 0 spiro atoms. The smallest absolute Gasteiger partial charge is 0.230 e. The normalized spacial score (nSPS) is 10.6. The summed E-state index contributed by atoms with van der Waals surface area (Å²) in [6, 6.07) is 13.8. The molecule has 0 saturated heterocycles. The highest BCUT2D eigenvalue weighted by Gasteiger charge is 2.13. The second kappa shape index (κ2) is 7.70. The monoisotopic (exact) mass is 366 g/mol. The molecule has 0 aliphatic rings. The molecule has 0 aliphatic heterocycles. The zero-order valence-electron chi connectivity index (χ0n) is 15.4. The van der Waals surface area contributed by atoms with Crippen molar-refractivity contribution < 1.29 is 9.53 Å². The summed E-state index contributed by atoms with van der Waals surface area (Å²) in [5.41, 5.74) is 5.44. The van der Waals surface area contributed by atoms with Crippen molar-refractivity contribution in [2.75, 3.05) is 12.4 Å². The average Bonchev–Trinajstić information content (AvgIpc) is 2.98. The van der Waals surface area contributed by atoms with Crippen LogP contribution in [-0.4, -0.2) is 18.0 Å². The van der Waals surface area contributed by atoms with Crippen LogP contribution in [0.15, 0.2) is 42.5 Å². The molecule has 26 heavy (non-hydrogen) atoms. The summed E-state index contributed by atoms with van der Waals surface area (Å²) in [6.07, 6.45) is 0.307. The van der Waals surface area contributed by atoms with E-state index in [-0.39, 0.29) is 5.91 Å². The molecule has 1 N–H and O–H groups in total. The number of hydrogen-bond acceptors (Lipinski definition) is 4. The number of thiazole rings is 1. The number of anilines is 1. The molecule has 0 atom stereocenters. The van der Waals surface area contributed by atoms with Gasteiger partial charge in [0.15, 0.2) is 5.13 Å². The van der Waals surface area contributed by atoms with E-state index in [1.807, 2.05) is 31.2 Å². The summed E-state index contributed by atoms with van der Waals surface area (Å²) in [5, 5.41) is 3.55. The Balaban J connectivity index is 1.71. The molecule has 0 fully saturated rings. The van der Waals surface area contributed by atoms with E-state index in [1.54, 1.807) is 7.11 Å². The first-order valence-corrected chi connectivity index (χ1v) is 9.25. The van der Waals surface area contributed by atoms with Crippen LogP contribution < -0.4 is 10.1 Å². The lowest BCUT2D eigenvalue weighted by molar-refractivity contribution is -0.115. The predicted octanol–water partition coefficient (Wildman–Crippen LogP) is 4.93. The van der Waals surface area contributed by atoms with Gasteiger partial charge in [-0.1, -0.05) is 24.3 Å². The lowest BCUT2D eigenvalue weighted by Gasteiger charge is -2.04. The van der Waals surface area contributed by atoms with Crippen LogP contribution in [0.25, 0.3) is 11.3 Å². The molecule has 0 saturated carbocycles. The zero-order chi connectivity index (χ0) is 18.7. The number of aromatic nitrogens is 1. The third-order valence-corrected chi connectivity index (χ3v) is 5.23. The van der Waals surface area contributed by atoms with Crippen molar-refractivity contribution in [1.82, 2.24) is 4.98 Å². The van der Waals surface area contributed by atoms with E-state index < -0.39 is 0 Å². The zero-order valence-corrected chi connectivity index (χ0v) is 16.2. The van der Waals surface area contributed by atoms with Crippen LogP contribution in [0.5, 0.6) is 5.75 Å². The van der Waals surface area contributed by atoms with Crippen molar-refractivity contribution in [1.29, 1.82) is 0 Å². The fourth-order valence-electron chi connectivity index (χ4n) is 2.70. The maximum atomic E-state index is 12.3. The number of carbonyl (C=O) groups excluding carboxylic acids is 1. The van der Waals surface area contributed by atoms with E-state index in [1.165, 1.54) is 22.5 Å². The molecule has 2 aromatic carbocycles. The molecule has 0 radical (unpaired) electrons. The van der Waals surface area contributed by atoms with Gasteiger partial charge >= 0.3 is 0 Å². The van der Waals surface area contributed by atoms with Crippen LogP contribution in [0.4, 0.5) is 5.13 Å². The first-order chi connectivity index (χ1) is 12.5. The molecular formula is C21H22N2O2S. The fourth-order valence-corrected chi connectivity index (χ4v) is 3.55. The SMILES string of the molecule is COc1ccc(CC(=O)Nc2nc(-c3ccc(C)c(C)c3)c(C)s2)cc1. The van der Waals surface area contributed by atoms with Crippen molar-refractivity contribution in [3.63, 3.8) is 0 Å². The number of carbonyl (C=O) groups is 1. The number of nitrogens with one attached hydrogen (secondary N) is 1. The van der Waals surface area contributed by atoms with Crippen LogP contribution in [-0.2, 0) is 11.2 Å². The second-order valence-corrected chi connectivity index (χ2v) is 7.50. The van der Waals surface area contributed by atoms with E-state index in [4.69, 9.17) is 4.74 Å². The maximum absolute atomic E-state index is 12.3. The van der Waals surface area contributed by atoms with Crippen LogP contribution >= 0.6 is 11.3 Å². The van der Waals surface area contributed by atoms with Gasteiger partial charge in [-0.15, -0.1) is 11.3 Å². The van der Waals surface area contributed by atoms with Gasteiger partial charge in [0.2, 0.25) is 5.91 Å². The molecule has 3 aromatic rings. The topological polar surface area (TPSA) is 51.2 Å². The molecule has 1 aromatic heterocycles. The third kappa shape index (κ3) is 4.11. The van der Waals surface area contributed by atoms with Gasteiger partial charge in [-0.2, -0.15) is 0 Å². The lowest BCUT2D eigenvalue weighted by atomic mass is 10.0. The van der Waals surface area contributed by atoms with Gasteiger partial charge in [0, 0.05) is 10.4 Å². The first kappa shape index (κ1) is 18.1. The number of amides is 1. The van der Waals surface area contributed by atoms with Crippen LogP contribution in [0.3, 0.4) is 0 Å². The molecule has 1 heterocycles. The summed E-state index contributed by atoms with van der Waals surface area (Å²) >= 11 is 1.50. The van der Waals surface area contributed by atoms with E-state index in [0.29, 0.717) is 11.6 Å². The molecule has 0 unspecified atom stereocenters. The van der Waals surface area contributed by atoms with Crippen molar-refractivity contribution in [2.45, 2.75) is 27.2 Å². The van der Waals surface area contributed by atoms with E-state index >= 15 is 0 Å². The molecule has 4 nitrogen and oxygen atoms in total. The standard InChI is InChI=1S/C21H22N2O2S/c1-13-5-8-17(11-14(13)2)20-15(3)26-21(23-20)22-19(24)12-16-6-9-18(25-4)10-7-16/h5-11H,12H2,1-4H3,(H,22,23,24). The summed E-state index contributed by atoms with van der Waals surface area (Å²) < 4.78 is 5.13. The second-order valence-electron chi connectivity index (χ2n) is 6.30. The molecule has 1 amide bonds. The Morgan fingerprint density at radius 1 is 1.08 bits per heavy atom. The molecule has 5 heteroatoms. The molecule has 134 valence electrons. The fraction of sp³-hybridized carbons (Fsp3) is 0.238. The summed E-state index contributed by atoms with van der Waals surface area (Å²) in [4.78, 5) is 18.0. The number of ether oxygens (including phenoxy) is 1. The maximum Gasteiger partial charge on any atom is 0.230 e. The van der Waals surface area contributed by atoms with E-state index in [9.17, 15) is 4.79 Å². The summed E-state index contributed by atoms with van der Waals surface area (Å²) in [6.45, 7) is 6.22. The lowest BCUT2D eigenvalue weighted by Crippen LogP contribution is -2.14. The molecule has 0 aliphatic carbocycles. The summed E-state index contributed by atoms with van der Waals surface area (Å²) in [7, 11) is 1.62. The Hall–Kier alpha value is -2.66. The number of hydrogen-bond donors (Lipinski definition) is 1. The van der Waals surface area contributed by atoms with Gasteiger partial charge in [-0.3, -0.25) is 4.79 Å². The molecular weight excluding hydrogens is 344 g/mol. The highest BCUT2D eigenvalue weighted by molar-refractivity contribution is 7.16. The van der Waals surface area contributed by atoms with Crippen molar-refractivity contribution in [3.05, 3.63) is 64.0 Å². The Kier molecular flexibility index (Phi) is 5.38. The van der Waals surface area contributed by atoms with Crippen molar-refractivity contribution in [3.8, 4) is 17.0 Å². The van der Waals surface area contributed by atoms with E-state index in [0.717, 1.165) is 27.4 Å². The Labute approximate surface area is 157 Å². The van der Waals surface area contributed by atoms with Gasteiger partial charge in [0.25, 0.3) is 0 Å². The Bertz CT molecular complexity index is 930. The van der Waals surface area contributed by atoms with Gasteiger partial charge in [0.1, 0.15) is 5.75 Å².